The van der Waals surface area contributed by atoms with Crippen LogP contribution >= 0.6 is 35.4 Å². The summed E-state index contributed by atoms with van der Waals surface area (Å²) in [5, 5.41) is 1.07. The maximum atomic E-state index is 5.77. The molecule has 2 N–H and O–H groups in total. The maximum Gasteiger partial charge on any atom is 0.105 e. The van der Waals surface area contributed by atoms with Gasteiger partial charge < -0.3 is 5.73 Å². The molecule has 58 valence electrons. The van der Waals surface area contributed by atoms with Crippen LogP contribution in [0.5, 0.6) is 0 Å². The predicted molar refractivity (Wildman–Crippen MR) is 52.3 cm³/mol. The Labute approximate surface area is 80.1 Å². The van der Waals surface area contributed by atoms with Crippen LogP contribution in [-0.4, -0.2) is 4.99 Å². The molecule has 4 heteroatoms. The molecule has 0 aliphatic carbocycles. The molecule has 0 bridgehead atoms. The Bertz CT molecular complexity index is 298. The van der Waals surface area contributed by atoms with Crippen molar-refractivity contribution in [3.8, 4) is 0 Å². The zero-order valence-electron chi connectivity index (χ0n) is 5.47. The van der Waals surface area contributed by atoms with Crippen molar-refractivity contribution in [1.29, 1.82) is 0 Å². The molecule has 1 aromatic carbocycles. The standard InChI is InChI=1S/C7H5Cl2NS/c8-4-1-2-5(7(10)11)6(9)3-4/h1-3H,(H2,10,11). The molecule has 0 atom stereocenters. The van der Waals surface area contributed by atoms with Crippen LogP contribution in [0.4, 0.5) is 0 Å². The summed E-state index contributed by atoms with van der Waals surface area (Å²) in [5.74, 6) is 0. The van der Waals surface area contributed by atoms with E-state index >= 15 is 0 Å². The lowest BCUT2D eigenvalue weighted by molar-refractivity contribution is 1.62. The first-order valence-corrected chi connectivity index (χ1v) is 4.02. The molecule has 0 saturated carbocycles. The predicted octanol–water partition coefficient (Wildman–Crippen LogP) is 2.63. The highest BCUT2D eigenvalue weighted by Gasteiger charge is 2.02. The fourth-order valence-electron chi connectivity index (χ4n) is 0.689. The van der Waals surface area contributed by atoms with Gasteiger partial charge in [-0.05, 0) is 18.2 Å². The average molecular weight is 206 g/mol. The molecular weight excluding hydrogens is 201 g/mol. The molecule has 0 spiro atoms. The molecule has 0 fully saturated rings. The Morgan fingerprint density at radius 1 is 1.36 bits per heavy atom. The Morgan fingerprint density at radius 2 is 2.00 bits per heavy atom. The number of rotatable bonds is 1. The number of halogens is 2. The minimum Gasteiger partial charge on any atom is -0.389 e. The largest absolute Gasteiger partial charge is 0.389 e. The summed E-state index contributed by atoms with van der Waals surface area (Å²) in [5.41, 5.74) is 6.03. The summed E-state index contributed by atoms with van der Waals surface area (Å²) in [4.78, 5) is 0.284. The topological polar surface area (TPSA) is 26.0 Å². The smallest absolute Gasteiger partial charge is 0.105 e. The van der Waals surface area contributed by atoms with Gasteiger partial charge in [-0.15, -0.1) is 0 Å². The Balaban J connectivity index is 3.20. The van der Waals surface area contributed by atoms with Gasteiger partial charge in [-0.2, -0.15) is 0 Å². The van der Waals surface area contributed by atoms with E-state index in [9.17, 15) is 0 Å². The molecule has 1 aromatic rings. The minimum absolute atomic E-state index is 0.284. The molecule has 11 heavy (non-hydrogen) atoms. The third kappa shape index (κ3) is 2.06. The molecule has 0 aliphatic heterocycles. The lowest BCUT2D eigenvalue weighted by Gasteiger charge is -2.00. The van der Waals surface area contributed by atoms with Crippen molar-refractivity contribution < 1.29 is 0 Å². The van der Waals surface area contributed by atoms with Crippen LogP contribution < -0.4 is 5.73 Å². The molecule has 1 nitrogen and oxygen atoms in total. The second-order valence-electron chi connectivity index (χ2n) is 1.99. The quantitative estimate of drug-likeness (QED) is 0.714. The molecule has 1 rings (SSSR count). The van der Waals surface area contributed by atoms with E-state index in [1.54, 1.807) is 18.2 Å². The Kier molecular flexibility index (Phi) is 2.71. The van der Waals surface area contributed by atoms with Gasteiger partial charge in [0.15, 0.2) is 0 Å². The highest BCUT2D eigenvalue weighted by molar-refractivity contribution is 7.80. The molecule has 0 aliphatic rings. The first-order valence-electron chi connectivity index (χ1n) is 2.86. The number of thiocarbonyl (C=S) groups is 1. The van der Waals surface area contributed by atoms with E-state index in [0.29, 0.717) is 15.6 Å². The van der Waals surface area contributed by atoms with Gasteiger partial charge in [0, 0.05) is 10.6 Å². The molecule has 0 radical (unpaired) electrons. The van der Waals surface area contributed by atoms with Crippen molar-refractivity contribution in [3.63, 3.8) is 0 Å². The summed E-state index contributed by atoms with van der Waals surface area (Å²) in [6, 6.07) is 5.01. The van der Waals surface area contributed by atoms with Gasteiger partial charge in [0.2, 0.25) is 0 Å². The summed E-state index contributed by atoms with van der Waals surface area (Å²) < 4.78 is 0. The zero-order valence-corrected chi connectivity index (χ0v) is 7.80. The van der Waals surface area contributed by atoms with E-state index in [1.165, 1.54) is 0 Å². The minimum atomic E-state index is 0.284. The number of nitrogens with two attached hydrogens (primary N) is 1. The molecule has 0 heterocycles. The SMILES string of the molecule is NC(=S)c1ccc(Cl)cc1Cl. The summed E-state index contributed by atoms with van der Waals surface area (Å²) >= 11 is 16.2. The second-order valence-corrected chi connectivity index (χ2v) is 3.27. The normalized spacial score (nSPS) is 9.64. The van der Waals surface area contributed by atoms with Gasteiger partial charge >= 0.3 is 0 Å². The van der Waals surface area contributed by atoms with Crippen molar-refractivity contribution in [2.45, 2.75) is 0 Å². The third-order valence-corrected chi connectivity index (χ3v) is 1.96. The highest BCUT2D eigenvalue weighted by atomic mass is 35.5. The number of hydrogen-bond acceptors (Lipinski definition) is 1. The Hall–Kier alpha value is -0.310. The van der Waals surface area contributed by atoms with Gasteiger partial charge in [-0.3, -0.25) is 0 Å². The Morgan fingerprint density at radius 3 is 2.45 bits per heavy atom. The van der Waals surface area contributed by atoms with Crippen LogP contribution in [0.3, 0.4) is 0 Å². The van der Waals surface area contributed by atoms with E-state index in [4.69, 9.17) is 41.2 Å². The zero-order chi connectivity index (χ0) is 8.43. The monoisotopic (exact) mass is 205 g/mol. The molecule has 0 aromatic heterocycles. The van der Waals surface area contributed by atoms with Crippen LogP contribution in [0.2, 0.25) is 10.0 Å². The fraction of sp³-hybridized carbons (Fsp3) is 0. The lowest BCUT2D eigenvalue weighted by atomic mass is 10.2. The van der Waals surface area contributed by atoms with Gasteiger partial charge in [0.1, 0.15) is 4.99 Å². The van der Waals surface area contributed by atoms with E-state index in [1.807, 2.05) is 0 Å². The summed E-state index contributed by atoms with van der Waals surface area (Å²) in [7, 11) is 0. The second kappa shape index (κ2) is 3.39. The maximum absolute atomic E-state index is 5.77. The van der Waals surface area contributed by atoms with Gasteiger partial charge in [-0.25, -0.2) is 0 Å². The first-order chi connectivity index (χ1) is 5.11. The van der Waals surface area contributed by atoms with E-state index in [2.05, 4.69) is 0 Å². The summed E-state index contributed by atoms with van der Waals surface area (Å²) in [6.07, 6.45) is 0. The van der Waals surface area contributed by atoms with Gasteiger partial charge in [-0.1, -0.05) is 35.4 Å². The van der Waals surface area contributed by atoms with E-state index in [0.717, 1.165) is 0 Å². The molecule has 0 saturated heterocycles. The number of hydrogen-bond donors (Lipinski definition) is 1. The first kappa shape index (κ1) is 8.78. The van der Waals surface area contributed by atoms with Crippen LogP contribution in [0, 0.1) is 0 Å². The fourth-order valence-corrected chi connectivity index (χ4v) is 1.43. The van der Waals surface area contributed by atoms with Crippen LogP contribution in [0.15, 0.2) is 18.2 Å². The molecule has 0 amide bonds. The van der Waals surface area contributed by atoms with Gasteiger partial charge in [0.25, 0.3) is 0 Å². The average Bonchev–Trinajstić information content (AvgIpc) is 1.85. The van der Waals surface area contributed by atoms with Crippen molar-refractivity contribution in [2.24, 2.45) is 5.73 Å². The van der Waals surface area contributed by atoms with Crippen molar-refractivity contribution in [2.75, 3.05) is 0 Å². The van der Waals surface area contributed by atoms with Gasteiger partial charge in [0.05, 0.1) is 5.02 Å². The van der Waals surface area contributed by atoms with Crippen molar-refractivity contribution in [1.82, 2.24) is 0 Å². The highest BCUT2D eigenvalue weighted by Crippen LogP contribution is 2.20. The lowest BCUT2D eigenvalue weighted by Crippen LogP contribution is -2.09. The molecule has 0 unspecified atom stereocenters. The van der Waals surface area contributed by atoms with Crippen molar-refractivity contribution >= 4 is 40.4 Å². The van der Waals surface area contributed by atoms with Crippen LogP contribution in [0.1, 0.15) is 5.56 Å². The third-order valence-electron chi connectivity index (χ3n) is 1.20. The van der Waals surface area contributed by atoms with E-state index < -0.39 is 0 Å². The van der Waals surface area contributed by atoms with E-state index in [-0.39, 0.29) is 4.99 Å². The summed E-state index contributed by atoms with van der Waals surface area (Å²) in [6.45, 7) is 0. The van der Waals surface area contributed by atoms with Crippen LogP contribution in [0.25, 0.3) is 0 Å². The van der Waals surface area contributed by atoms with Crippen LogP contribution in [-0.2, 0) is 0 Å². The van der Waals surface area contributed by atoms with Crippen molar-refractivity contribution in [3.05, 3.63) is 33.8 Å². The molecular formula is C7H5Cl2NS. The number of benzene rings is 1.